The lowest BCUT2D eigenvalue weighted by Gasteiger charge is -2.09. The molecule has 1 N–H and O–H groups in total. The maximum atomic E-state index is 11.7. The summed E-state index contributed by atoms with van der Waals surface area (Å²) in [4.78, 5) is 11.7. The van der Waals surface area contributed by atoms with Crippen LogP contribution < -0.4 is 19.5 Å². The molecule has 1 aromatic carbocycles. The number of ether oxygens (including phenoxy) is 3. The summed E-state index contributed by atoms with van der Waals surface area (Å²) in [6.07, 6.45) is 0.500. The third-order valence-electron chi connectivity index (χ3n) is 4.15. The van der Waals surface area contributed by atoms with Gasteiger partial charge in [0.15, 0.2) is 23.0 Å². The minimum atomic E-state index is 0.0153. The Bertz CT molecular complexity index is 986. The van der Waals surface area contributed by atoms with Crippen LogP contribution in [0.4, 0.5) is 0 Å². The van der Waals surface area contributed by atoms with E-state index in [1.165, 1.54) is 0 Å². The van der Waals surface area contributed by atoms with Crippen molar-refractivity contribution < 1.29 is 19.0 Å². The highest BCUT2D eigenvalue weighted by atomic mass is 16.5. The normalized spacial score (nSPS) is 10.9. The fourth-order valence-electron chi connectivity index (χ4n) is 2.79. The molecule has 0 saturated heterocycles. The minimum Gasteiger partial charge on any atom is -0.493 e. The van der Waals surface area contributed by atoms with Gasteiger partial charge in [0, 0.05) is 18.1 Å². The number of nitrogens with one attached hydrogen (secondary N) is 1. The van der Waals surface area contributed by atoms with Crippen molar-refractivity contribution in [1.29, 1.82) is 0 Å². The molecule has 2 aromatic heterocycles. The van der Waals surface area contributed by atoms with Crippen molar-refractivity contribution in [2.45, 2.75) is 20.3 Å². The molecule has 0 radical (unpaired) electrons. The average Bonchev–Trinajstić information content (AvgIpc) is 3.13. The Morgan fingerprint density at radius 3 is 2.62 bits per heavy atom. The van der Waals surface area contributed by atoms with Gasteiger partial charge in [0.25, 0.3) is 0 Å². The zero-order valence-electron chi connectivity index (χ0n) is 17.0. The topological polar surface area (TPSA) is 99.9 Å². The summed E-state index contributed by atoms with van der Waals surface area (Å²) in [7, 11) is 3.16. The molecular formula is C20H25N5O4. The van der Waals surface area contributed by atoms with E-state index >= 15 is 0 Å². The molecule has 2 heterocycles. The number of carbonyl (C=O) groups is 1. The van der Waals surface area contributed by atoms with E-state index in [1.54, 1.807) is 36.9 Å². The van der Waals surface area contributed by atoms with E-state index in [0.29, 0.717) is 54.3 Å². The van der Waals surface area contributed by atoms with Gasteiger partial charge in [-0.2, -0.15) is 4.52 Å². The highest BCUT2D eigenvalue weighted by Gasteiger charge is 2.13. The first-order valence-corrected chi connectivity index (χ1v) is 9.36. The van der Waals surface area contributed by atoms with Crippen molar-refractivity contribution >= 4 is 11.6 Å². The van der Waals surface area contributed by atoms with Crippen LogP contribution >= 0.6 is 0 Å². The van der Waals surface area contributed by atoms with Gasteiger partial charge in [-0.3, -0.25) is 4.79 Å². The van der Waals surface area contributed by atoms with Gasteiger partial charge in [0.05, 0.1) is 20.8 Å². The molecular weight excluding hydrogens is 374 g/mol. The quantitative estimate of drug-likeness (QED) is 0.551. The minimum absolute atomic E-state index is 0.0153. The summed E-state index contributed by atoms with van der Waals surface area (Å²) in [5, 5.41) is 15.7. The van der Waals surface area contributed by atoms with Gasteiger partial charge in [-0.05, 0) is 30.2 Å². The summed E-state index contributed by atoms with van der Waals surface area (Å²) >= 11 is 0. The molecule has 154 valence electrons. The Balaban J connectivity index is 1.73. The van der Waals surface area contributed by atoms with Gasteiger partial charge in [-0.25, -0.2) is 0 Å². The van der Waals surface area contributed by atoms with Crippen LogP contribution in [0.5, 0.6) is 17.4 Å². The highest BCUT2D eigenvalue weighted by molar-refractivity contribution is 5.76. The average molecular weight is 399 g/mol. The zero-order valence-corrected chi connectivity index (χ0v) is 17.0. The van der Waals surface area contributed by atoms with Crippen molar-refractivity contribution in [3.05, 3.63) is 30.3 Å². The van der Waals surface area contributed by atoms with Crippen molar-refractivity contribution in [1.82, 2.24) is 25.1 Å². The second kappa shape index (κ2) is 9.22. The summed E-state index contributed by atoms with van der Waals surface area (Å²) in [6.45, 7) is 4.74. The lowest BCUT2D eigenvalue weighted by Crippen LogP contribution is -2.29. The summed E-state index contributed by atoms with van der Waals surface area (Å²) < 4.78 is 17.9. The smallest absolute Gasteiger partial charge is 0.231 e. The zero-order chi connectivity index (χ0) is 20.8. The van der Waals surface area contributed by atoms with E-state index in [-0.39, 0.29) is 5.91 Å². The van der Waals surface area contributed by atoms with Crippen molar-refractivity contribution in [2.24, 2.45) is 5.92 Å². The van der Waals surface area contributed by atoms with Crippen molar-refractivity contribution in [3.8, 4) is 28.8 Å². The summed E-state index contributed by atoms with van der Waals surface area (Å²) in [6, 6.07) is 8.97. The maximum Gasteiger partial charge on any atom is 0.231 e. The van der Waals surface area contributed by atoms with Gasteiger partial charge >= 0.3 is 0 Å². The SMILES string of the molecule is COc1ccc(-c2nnc3ccc(OCCNC(=O)CC(C)C)nn23)cc1OC. The number of carbonyl (C=O) groups excluding carboxylic acids is 1. The Morgan fingerprint density at radius 1 is 1.10 bits per heavy atom. The molecule has 29 heavy (non-hydrogen) atoms. The van der Waals surface area contributed by atoms with Crippen LogP contribution in [0.25, 0.3) is 17.0 Å². The first kappa shape index (κ1) is 20.4. The van der Waals surface area contributed by atoms with Crippen LogP contribution in [0.2, 0.25) is 0 Å². The van der Waals surface area contributed by atoms with Gasteiger partial charge in [-0.1, -0.05) is 13.8 Å². The van der Waals surface area contributed by atoms with Gasteiger partial charge in [0.1, 0.15) is 6.61 Å². The molecule has 0 fully saturated rings. The summed E-state index contributed by atoms with van der Waals surface area (Å²) in [5.41, 5.74) is 1.37. The monoisotopic (exact) mass is 399 g/mol. The number of hydrogen-bond donors (Lipinski definition) is 1. The number of aromatic nitrogens is 4. The van der Waals surface area contributed by atoms with Gasteiger partial charge in [-0.15, -0.1) is 15.3 Å². The second-order valence-corrected chi connectivity index (χ2v) is 6.83. The molecule has 0 aliphatic rings. The molecule has 0 atom stereocenters. The van der Waals surface area contributed by atoms with Crippen LogP contribution in [0.3, 0.4) is 0 Å². The van der Waals surface area contributed by atoms with E-state index < -0.39 is 0 Å². The molecule has 3 rings (SSSR count). The molecule has 9 nitrogen and oxygen atoms in total. The molecule has 0 aliphatic heterocycles. The Morgan fingerprint density at radius 2 is 1.90 bits per heavy atom. The van der Waals surface area contributed by atoms with E-state index in [0.717, 1.165) is 5.56 Å². The van der Waals surface area contributed by atoms with Crippen molar-refractivity contribution in [3.63, 3.8) is 0 Å². The molecule has 0 bridgehead atoms. The lowest BCUT2D eigenvalue weighted by molar-refractivity contribution is -0.121. The van der Waals surface area contributed by atoms with E-state index in [1.807, 2.05) is 26.0 Å². The molecule has 0 saturated carbocycles. The lowest BCUT2D eigenvalue weighted by atomic mass is 10.1. The molecule has 0 unspecified atom stereocenters. The number of amides is 1. The Kier molecular flexibility index (Phi) is 6.48. The van der Waals surface area contributed by atoms with E-state index in [2.05, 4.69) is 20.6 Å². The predicted octanol–water partition coefficient (Wildman–Crippen LogP) is 2.35. The number of nitrogens with zero attached hydrogens (tertiary/aromatic N) is 4. The first-order chi connectivity index (χ1) is 14.0. The predicted molar refractivity (Wildman–Crippen MR) is 107 cm³/mol. The Labute approximate surface area is 169 Å². The number of rotatable bonds is 9. The van der Waals surface area contributed by atoms with E-state index in [9.17, 15) is 4.79 Å². The fraction of sp³-hybridized carbons (Fsp3) is 0.400. The molecule has 9 heteroatoms. The third-order valence-corrected chi connectivity index (χ3v) is 4.15. The maximum absolute atomic E-state index is 11.7. The fourth-order valence-corrected chi connectivity index (χ4v) is 2.79. The molecule has 1 amide bonds. The first-order valence-electron chi connectivity index (χ1n) is 9.36. The second-order valence-electron chi connectivity index (χ2n) is 6.83. The number of fused-ring (bicyclic) bond motifs is 1. The molecule has 0 spiro atoms. The molecule has 0 aliphatic carbocycles. The number of benzene rings is 1. The summed E-state index contributed by atoms with van der Waals surface area (Å²) in [5.74, 6) is 2.52. The largest absolute Gasteiger partial charge is 0.493 e. The van der Waals surface area contributed by atoms with Gasteiger partial charge < -0.3 is 19.5 Å². The molecule has 3 aromatic rings. The number of methoxy groups -OCH3 is 2. The van der Waals surface area contributed by atoms with Crippen LogP contribution in [-0.4, -0.2) is 53.1 Å². The Hall–Kier alpha value is -3.36. The van der Waals surface area contributed by atoms with Crippen LogP contribution in [0, 0.1) is 5.92 Å². The standard InChI is InChI=1S/C20H25N5O4/c1-13(2)11-18(26)21-9-10-29-19-8-7-17-22-23-20(25(17)24-19)14-5-6-15(27-3)16(12-14)28-4/h5-8,12-13H,9-11H2,1-4H3,(H,21,26). The van der Waals surface area contributed by atoms with E-state index in [4.69, 9.17) is 14.2 Å². The van der Waals surface area contributed by atoms with Crippen LogP contribution in [0.15, 0.2) is 30.3 Å². The number of hydrogen-bond acceptors (Lipinski definition) is 7. The van der Waals surface area contributed by atoms with Gasteiger partial charge in [0.2, 0.25) is 11.8 Å². The van der Waals surface area contributed by atoms with Crippen molar-refractivity contribution in [2.75, 3.05) is 27.4 Å². The van der Waals surface area contributed by atoms with Crippen LogP contribution in [-0.2, 0) is 4.79 Å². The highest BCUT2D eigenvalue weighted by Crippen LogP contribution is 2.31. The van der Waals surface area contributed by atoms with Crippen LogP contribution in [0.1, 0.15) is 20.3 Å². The third kappa shape index (κ3) is 4.92.